The summed E-state index contributed by atoms with van der Waals surface area (Å²) in [4.78, 5) is 42.2. The maximum atomic E-state index is 14.0. The highest BCUT2D eigenvalue weighted by Crippen LogP contribution is 2.38. The van der Waals surface area contributed by atoms with Crippen LogP contribution < -0.4 is 10.9 Å². The van der Waals surface area contributed by atoms with Gasteiger partial charge in [-0.2, -0.15) is 13.2 Å². The van der Waals surface area contributed by atoms with E-state index in [9.17, 15) is 32.7 Å². The predicted molar refractivity (Wildman–Crippen MR) is 141 cm³/mol. The SMILES string of the molecule is Cc1cc(C(F)(F)F)c(-c2ccc(CC(NC(=O)c3c(Cl)cccc3Cl)C(=O)O)c3ncccc23)c(=O)n1C. The molecule has 0 aliphatic rings. The first-order valence-electron chi connectivity index (χ1n) is 11.4. The molecule has 2 aromatic carbocycles. The van der Waals surface area contributed by atoms with Gasteiger partial charge < -0.3 is 15.0 Å². The van der Waals surface area contributed by atoms with Crippen LogP contribution in [0.2, 0.25) is 10.0 Å². The Labute approximate surface area is 229 Å². The van der Waals surface area contributed by atoms with Crippen LogP contribution in [0.1, 0.15) is 27.2 Å². The number of aromatic nitrogens is 2. The van der Waals surface area contributed by atoms with E-state index >= 15 is 0 Å². The summed E-state index contributed by atoms with van der Waals surface area (Å²) in [6.45, 7) is 1.40. The Hall–Kier alpha value is -3.89. The summed E-state index contributed by atoms with van der Waals surface area (Å²) in [5, 5.41) is 12.5. The highest BCUT2D eigenvalue weighted by molar-refractivity contribution is 6.39. The summed E-state index contributed by atoms with van der Waals surface area (Å²) < 4.78 is 43.1. The summed E-state index contributed by atoms with van der Waals surface area (Å²) in [6.07, 6.45) is -3.68. The van der Waals surface area contributed by atoms with Gasteiger partial charge in [-0.25, -0.2) is 4.79 Å². The fraction of sp³-hybridized carbons (Fsp3) is 0.185. The fourth-order valence-electron chi connectivity index (χ4n) is 4.28. The molecule has 4 rings (SSSR count). The van der Waals surface area contributed by atoms with Crippen molar-refractivity contribution in [3.8, 4) is 11.1 Å². The molecule has 0 fully saturated rings. The van der Waals surface area contributed by atoms with Gasteiger partial charge in [0.2, 0.25) is 0 Å². The summed E-state index contributed by atoms with van der Waals surface area (Å²) in [7, 11) is 1.38. The molecule has 2 aromatic heterocycles. The van der Waals surface area contributed by atoms with Crippen molar-refractivity contribution in [3.63, 3.8) is 0 Å². The fourth-order valence-corrected chi connectivity index (χ4v) is 4.85. The topological polar surface area (TPSA) is 101 Å². The van der Waals surface area contributed by atoms with E-state index in [2.05, 4.69) is 10.3 Å². The molecule has 0 bridgehead atoms. The lowest BCUT2D eigenvalue weighted by Gasteiger charge is -2.19. The average Bonchev–Trinajstić information content (AvgIpc) is 2.86. The molecular formula is C27H20Cl2F3N3O4. The Morgan fingerprint density at radius 1 is 1.10 bits per heavy atom. The molecule has 0 aliphatic carbocycles. The van der Waals surface area contributed by atoms with E-state index in [1.165, 1.54) is 62.6 Å². The molecule has 0 radical (unpaired) electrons. The first kappa shape index (κ1) is 28.1. The highest BCUT2D eigenvalue weighted by Gasteiger charge is 2.36. The van der Waals surface area contributed by atoms with Crippen LogP contribution in [0.25, 0.3) is 22.0 Å². The van der Waals surface area contributed by atoms with Crippen molar-refractivity contribution in [3.05, 3.63) is 97.5 Å². The molecule has 202 valence electrons. The number of aliphatic carboxylic acids is 1. The third-order valence-electron chi connectivity index (χ3n) is 6.32. The number of alkyl halides is 3. The number of benzene rings is 2. The Balaban J connectivity index is 1.82. The van der Waals surface area contributed by atoms with E-state index in [0.29, 0.717) is 5.56 Å². The van der Waals surface area contributed by atoms with Gasteiger partial charge >= 0.3 is 12.1 Å². The van der Waals surface area contributed by atoms with Gasteiger partial charge in [0.15, 0.2) is 0 Å². The zero-order valence-corrected chi connectivity index (χ0v) is 21.9. The van der Waals surface area contributed by atoms with Crippen LogP contribution in [0.3, 0.4) is 0 Å². The highest BCUT2D eigenvalue weighted by atomic mass is 35.5. The summed E-state index contributed by atoms with van der Waals surface area (Å²) in [5.74, 6) is -2.18. The number of carboxylic acid groups (broad SMARTS) is 1. The smallest absolute Gasteiger partial charge is 0.417 e. The lowest BCUT2D eigenvalue weighted by molar-refractivity contribution is -0.139. The number of amides is 1. The van der Waals surface area contributed by atoms with E-state index in [1.807, 2.05) is 0 Å². The number of nitrogens with zero attached hydrogens (tertiary/aromatic N) is 2. The number of carboxylic acids is 1. The van der Waals surface area contributed by atoms with Gasteiger partial charge in [-0.15, -0.1) is 0 Å². The molecule has 7 nitrogen and oxygen atoms in total. The van der Waals surface area contributed by atoms with Crippen LogP contribution in [0, 0.1) is 6.92 Å². The number of aryl methyl sites for hydroxylation is 1. The number of halogens is 5. The number of carbonyl (C=O) groups is 2. The second-order valence-electron chi connectivity index (χ2n) is 8.77. The van der Waals surface area contributed by atoms with Crippen molar-refractivity contribution in [2.75, 3.05) is 0 Å². The van der Waals surface area contributed by atoms with E-state index in [4.69, 9.17) is 23.2 Å². The molecule has 0 spiro atoms. The minimum Gasteiger partial charge on any atom is -0.480 e. The van der Waals surface area contributed by atoms with E-state index < -0.39 is 40.8 Å². The molecule has 0 aliphatic heterocycles. The summed E-state index contributed by atoms with van der Waals surface area (Å²) in [6, 6.07) is 9.55. The lowest BCUT2D eigenvalue weighted by Crippen LogP contribution is -2.42. The molecule has 0 saturated carbocycles. The first-order valence-corrected chi connectivity index (χ1v) is 12.2. The van der Waals surface area contributed by atoms with Gasteiger partial charge in [0.1, 0.15) is 6.04 Å². The van der Waals surface area contributed by atoms with Crippen molar-refractivity contribution in [1.29, 1.82) is 0 Å². The van der Waals surface area contributed by atoms with E-state index in [0.717, 1.165) is 10.6 Å². The van der Waals surface area contributed by atoms with Crippen LogP contribution in [-0.4, -0.2) is 32.6 Å². The molecule has 12 heteroatoms. The minimum absolute atomic E-state index is 0.00599. The van der Waals surface area contributed by atoms with Gasteiger partial charge in [0.05, 0.1) is 32.3 Å². The molecule has 1 atom stereocenters. The number of nitrogens with one attached hydrogen (secondary N) is 1. The van der Waals surface area contributed by atoms with Gasteiger partial charge in [0.25, 0.3) is 11.5 Å². The second-order valence-corrected chi connectivity index (χ2v) is 9.59. The van der Waals surface area contributed by atoms with Crippen molar-refractivity contribution in [2.45, 2.75) is 25.6 Å². The van der Waals surface area contributed by atoms with Gasteiger partial charge in [-0.3, -0.25) is 14.6 Å². The van der Waals surface area contributed by atoms with Crippen molar-refractivity contribution in [2.24, 2.45) is 7.05 Å². The van der Waals surface area contributed by atoms with Crippen molar-refractivity contribution in [1.82, 2.24) is 14.9 Å². The zero-order valence-electron chi connectivity index (χ0n) is 20.4. The normalized spacial score (nSPS) is 12.4. The molecular weight excluding hydrogens is 558 g/mol. The van der Waals surface area contributed by atoms with Crippen LogP contribution in [0.4, 0.5) is 13.2 Å². The van der Waals surface area contributed by atoms with Crippen LogP contribution >= 0.6 is 23.2 Å². The first-order chi connectivity index (χ1) is 18.3. The maximum Gasteiger partial charge on any atom is 0.417 e. The lowest BCUT2D eigenvalue weighted by atomic mass is 9.93. The number of fused-ring (bicyclic) bond motifs is 1. The van der Waals surface area contributed by atoms with Crippen molar-refractivity contribution >= 4 is 46.0 Å². The monoisotopic (exact) mass is 577 g/mol. The average molecular weight is 578 g/mol. The maximum absolute atomic E-state index is 14.0. The van der Waals surface area contributed by atoms with E-state index in [-0.39, 0.29) is 44.2 Å². The van der Waals surface area contributed by atoms with Crippen LogP contribution in [-0.2, 0) is 24.4 Å². The Kier molecular flexibility index (Phi) is 7.72. The third-order valence-corrected chi connectivity index (χ3v) is 6.95. The number of rotatable bonds is 6. The van der Waals surface area contributed by atoms with Gasteiger partial charge in [-0.05, 0) is 42.3 Å². The molecule has 1 amide bonds. The number of pyridine rings is 2. The standard InChI is InChI=1S/C27H20Cl2F3N3O4/c1-13-11-17(27(30,31)32)21(25(37)35(13)2)15-9-8-14(23-16(15)5-4-10-33-23)12-20(26(38)39)34-24(36)22-18(28)6-3-7-19(22)29/h3-11,20H,12H2,1-2H3,(H,34,36)(H,38,39). The third kappa shape index (κ3) is 5.48. The molecule has 39 heavy (non-hydrogen) atoms. The Morgan fingerprint density at radius 2 is 1.77 bits per heavy atom. The van der Waals surface area contributed by atoms with Gasteiger partial charge in [-0.1, -0.05) is 47.5 Å². The van der Waals surface area contributed by atoms with Crippen LogP contribution in [0.15, 0.2) is 59.5 Å². The van der Waals surface area contributed by atoms with Gasteiger partial charge in [0, 0.05) is 30.7 Å². The van der Waals surface area contributed by atoms with E-state index in [1.54, 1.807) is 0 Å². The second kappa shape index (κ2) is 10.7. The number of hydrogen-bond acceptors (Lipinski definition) is 4. The molecule has 2 heterocycles. The quantitative estimate of drug-likeness (QED) is 0.308. The zero-order chi connectivity index (χ0) is 28.6. The number of carbonyl (C=O) groups excluding carboxylic acids is 1. The molecule has 4 aromatic rings. The summed E-state index contributed by atoms with van der Waals surface area (Å²) in [5.41, 5.74) is -1.94. The van der Waals surface area contributed by atoms with Crippen molar-refractivity contribution < 1.29 is 27.9 Å². The largest absolute Gasteiger partial charge is 0.480 e. The Bertz CT molecular complexity index is 1670. The predicted octanol–water partition coefficient (Wildman–Crippen LogP) is 5.66. The Morgan fingerprint density at radius 3 is 2.38 bits per heavy atom. The number of hydrogen-bond donors (Lipinski definition) is 2. The molecule has 2 N–H and O–H groups in total. The minimum atomic E-state index is -4.81. The summed E-state index contributed by atoms with van der Waals surface area (Å²) >= 11 is 12.1. The molecule has 0 saturated heterocycles. The van der Waals surface area contributed by atoms with Crippen LogP contribution in [0.5, 0.6) is 0 Å². The molecule has 1 unspecified atom stereocenters.